The number of hydrogen-bond acceptors (Lipinski definition) is 6. The predicted octanol–water partition coefficient (Wildman–Crippen LogP) is 4.26. The van der Waals surface area contributed by atoms with Crippen LogP contribution in [0.4, 0.5) is 14.5 Å². The lowest BCUT2D eigenvalue weighted by Crippen LogP contribution is -2.21. The van der Waals surface area contributed by atoms with Gasteiger partial charge in [-0.05, 0) is 30.3 Å². The van der Waals surface area contributed by atoms with Crippen molar-refractivity contribution in [3.63, 3.8) is 0 Å². The molecule has 30 heavy (non-hydrogen) atoms. The molecule has 0 saturated heterocycles. The van der Waals surface area contributed by atoms with E-state index >= 15 is 0 Å². The summed E-state index contributed by atoms with van der Waals surface area (Å²) in [6.45, 7) is -3.63. The molecule has 9 heteroatoms. The molecule has 1 aromatic heterocycles. The fraction of sp³-hybridized carbons (Fsp3) is 0.143. The zero-order chi connectivity index (χ0) is 21.3. The van der Waals surface area contributed by atoms with Gasteiger partial charge in [-0.1, -0.05) is 30.3 Å². The maximum Gasteiger partial charge on any atom is 0.387 e. The Bertz CT molecular complexity index is 990. The van der Waals surface area contributed by atoms with E-state index in [0.29, 0.717) is 11.3 Å². The summed E-state index contributed by atoms with van der Waals surface area (Å²) in [5.41, 5.74) is 0.466. The van der Waals surface area contributed by atoms with Gasteiger partial charge in [0.1, 0.15) is 18.1 Å². The van der Waals surface area contributed by atoms with Crippen molar-refractivity contribution in [3.8, 4) is 11.5 Å². The first-order chi connectivity index (χ1) is 14.5. The van der Waals surface area contributed by atoms with Gasteiger partial charge in [0.05, 0.1) is 12.0 Å². The molecule has 156 valence electrons. The monoisotopic (exact) mass is 417 g/mol. The van der Waals surface area contributed by atoms with Crippen LogP contribution in [0.15, 0.2) is 71.3 Å². The lowest BCUT2D eigenvalue weighted by molar-refractivity contribution is -0.119. The molecule has 0 atom stereocenters. The molecule has 0 unspecified atom stereocenters. The Kier molecular flexibility index (Phi) is 6.99. The van der Waals surface area contributed by atoms with Gasteiger partial charge in [0, 0.05) is 5.56 Å². The van der Waals surface area contributed by atoms with E-state index in [-0.39, 0.29) is 23.8 Å². The fourth-order valence-corrected chi connectivity index (χ4v) is 2.46. The molecule has 0 saturated carbocycles. The molecule has 3 aromatic rings. The maximum absolute atomic E-state index is 12.4. The second kappa shape index (κ2) is 10.1. The van der Waals surface area contributed by atoms with E-state index in [1.807, 2.05) is 18.2 Å². The number of ether oxygens (including phenoxy) is 3. The second-order valence-corrected chi connectivity index (χ2v) is 5.88. The molecule has 1 N–H and O–H groups in total. The first-order valence-electron chi connectivity index (χ1n) is 8.78. The van der Waals surface area contributed by atoms with Crippen molar-refractivity contribution in [2.45, 2.75) is 13.2 Å². The van der Waals surface area contributed by atoms with Crippen LogP contribution in [-0.2, 0) is 16.1 Å². The summed E-state index contributed by atoms with van der Waals surface area (Å²) >= 11 is 0. The van der Waals surface area contributed by atoms with Crippen molar-refractivity contribution in [2.24, 2.45) is 0 Å². The summed E-state index contributed by atoms with van der Waals surface area (Å²) in [5.74, 6) is -1.29. The molecule has 0 aliphatic carbocycles. The van der Waals surface area contributed by atoms with E-state index in [1.165, 1.54) is 30.5 Å². The molecule has 0 bridgehead atoms. The third-order valence-corrected chi connectivity index (χ3v) is 3.78. The summed E-state index contributed by atoms with van der Waals surface area (Å²) in [7, 11) is 0. The van der Waals surface area contributed by atoms with Gasteiger partial charge >= 0.3 is 12.6 Å². The van der Waals surface area contributed by atoms with E-state index in [4.69, 9.17) is 13.9 Å². The van der Waals surface area contributed by atoms with Gasteiger partial charge < -0.3 is 23.9 Å². The highest BCUT2D eigenvalue weighted by Gasteiger charge is 2.19. The highest BCUT2D eigenvalue weighted by Crippen LogP contribution is 2.25. The molecule has 0 spiro atoms. The largest absolute Gasteiger partial charge is 0.489 e. The van der Waals surface area contributed by atoms with Crippen LogP contribution in [-0.4, -0.2) is 25.1 Å². The number of nitrogens with one attached hydrogen (secondary N) is 1. The summed E-state index contributed by atoms with van der Waals surface area (Å²) in [4.78, 5) is 24.3. The molecule has 3 rings (SSSR count). The van der Waals surface area contributed by atoms with Crippen molar-refractivity contribution in [1.82, 2.24) is 0 Å². The van der Waals surface area contributed by atoms with Crippen LogP contribution in [0.5, 0.6) is 11.5 Å². The maximum atomic E-state index is 12.4. The number of carbonyl (C=O) groups excluding carboxylic acids is 2. The Morgan fingerprint density at radius 3 is 2.50 bits per heavy atom. The zero-order valence-corrected chi connectivity index (χ0v) is 15.5. The molecular formula is C21H17F2NO6. The molecular weight excluding hydrogens is 400 g/mol. The average Bonchev–Trinajstić information content (AvgIpc) is 3.21. The first-order valence-corrected chi connectivity index (χ1v) is 8.78. The number of esters is 1. The van der Waals surface area contributed by atoms with E-state index in [2.05, 4.69) is 10.1 Å². The normalized spacial score (nSPS) is 10.5. The minimum atomic E-state index is -3.05. The number of alkyl halides is 2. The van der Waals surface area contributed by atoms with Gasteiger partial charge in [0.25, 0.3) is 5.91 Å². The van der Waals surface area contributed by atoms with Crippen molar-refractivity contribution in [3.05, 3.63) is 78.3 Å². The van der Waals surface area contributed by atoms with Crippen LogP contribution < -0.4 is 14.8 Å². The van der Waals surface area contributed by atoms with Gasteiger partial charge in [-0.25, -0.2) is 4.79 Å². The smallest absolute Gasteiger partial charge is 0.387 e. The van der Waals surface area contributed by atoms with Crippen LogP contribution in [0, 0.1) is 0 Å². The van der Waals surface area contributed by atoms with Gasteiger partial charge in [-0.2, -0.15) is 8.78 Å². The number of anilines is 1. The van der Waals surface area contributed by atoms with Gasteiger partial charge in [0.15, 0.2) is 6.61 Å². The number of para-hydroxylation sites is 3. The average molecular weight is 417 g/mol. The number of halogens is 2. The SMILES string of the molecule is O=C(COC(=O)c1occc1COc1ccccc1)Nc1ccccc1OC(F)F. The van der Waals surface area contributed by atoms with Crippen molar-refractivity contribution in [1.29, 1.82) is 0 Å². The van der Waals surface area contributed by atoms with Crippen LogP contribution >= 0.6 is 0 Å². The van der Waals surface area contributed by atoms with Crippen LogP contribution in [0.2, 0.25) is 0 Å². The minimum absolute atomic E-state index is 0.0220. The summed E-state index contributed by atoms with van der Waals surface area (Å²) in [6, 6.07) is 16.2. The summed E-state index contributed by atoms with van der Waals surface area (Å²) < 4.78 is 44.8. The van der Waals surface area contributed by atoms with Crippen LogP contribution in [0.1, 0.15) is 16.1 Å². The molecule has 2 aromatic carbocycles. The number of benzene rings is 2. The molecule has 7 nitrogen and oxygen atoms in total. The molecule has 0 radical (unpaired) electrons. The van der Waals surface area contributed by atoms with E-state index in [9.17, 15) is 18.4 Å². The van der Waals surface area contributed by atoms with Gasteiger partial charge in [-0.3, -0.25) is 4.79 Å². The topological polar surface area (TPSA) is 87.0 Å². The Labute approximate surface area is 170 Å². The molecule has 0 aliphatic heterocycles. The second-order valence-electron chi connectivity index (χ2n) is 5.88. The number of hydrogen-bond donors (Lipinski definition) is 1. The van der Waals surface area contributed by atoms with E-state index < -0.39 is 25.1 Å². The minimum Gasteiger partial charge on any atom is -0.489 e. The summed E-state index contributed by atoms with van der Waals surface area (Å²) in [5, 5.41) is 2.35. The lowest BCUT2D eigenvalue weighted by atomic mass is 10.2. The highest BCUT2D eigenvalue weighted by molar-refractivity contribution is 5.95. The van der Waals surface area contributed by atoms with Crippen molar-refractivity contribution < 1.29 is 37.0 Å². The lowest BCUT2D eigenvalue weighted by Gasteiger charge is -2.11. The molecule has 1 amide bonds. The standard InChI is InChI=1S/C21H17F2NO6/c22-21(23)30-17-9-5-4-8-16(17)24-18(25)13-29-20(26)19-14(10-11-27-19)12-28-15-6-2-1-3-7-15/h1-11,21H,12-13H2,(H,24,25). The zero-order valence-electron chi connectivity index (χ0n) is 15.5. The quantitative estimate of drug-likeness (QED) is 0.524. The van der Waals surface area contributed by atoms with Crippen molar-refractivity contribution in [2.75, 3.05) is 11.9 Å². The number of furan rings is 1. The Balaban J connectivity index is 1.54. The number of carbonyl (C=O) groups is 2. The molecule has 0 aliphatic rings. The Hall–Kier alpha value is -3.88. The van der Waals surface area contributed by atoms with E-state index in [1.54, 1.807) is 18.2 Å². The van der Waals surface area contributed by atoms with Crippen molar-refractivity contribution >= 4 is 17.6 Å². The molecule has 0 fully saturated rings. The predicted molar refractivity (Wildman–Crippen MR) is 101 cm³/mol. The van der Waals surface area contributed by atoms with E-state index in [0.717, 1.165) is 0 Å². The third-order valence-electron chi connectivity index (χ3n) is 3.78. The number of amides is 1. The fourth-order valence-electron chi connectivity index (χ4n) is 2.46. The highest BCUT2D eigenvalue weighted by atomic mass is 19.3. The number of rotatable bonds is 9. The van der Waals surface area contributed by atoms with Gasteiger partial charge in [-0.15, -0.1) is 0 Å². The summed E-state index contributed by atoms with van der Waals surface area (Å²) in [6.07, 6.45) is 1.30. The van der Waals surface area contributed by atoms with Crippen LogP contribution in [0.25, 0.3) is 0 Å². The first kappa shape index (κ1) is 20.8. The Morgan fingerprint density at radius 2 is 1.73 bits per heavy atom. The third kappa shape index (κ3) is 5.81. The Morgan fingerprint density at radius 1 is 1.00 bits per heavy atom. The molecule has 1 heterocycles. The van der Waals surface area contributed by atoms with Crippen LogP contribution in [0.3, 0.4) is 0 Å². The van der Waals surface area contributed by atoms with Gasteiger partial charge in [0.2, 0.25) is 5.76 Å².